The average Bonchev–Trinajstić information content (AvgIpc) is 1.90. The third-order valence-electron chi connectivity index (χ3n) is 1.37. The maximum absolute atomic E-state index is 3.93. The van der Waals surface area contributed by atoms with Gasteiger partial charge in [0.2, 0.25) is 0 Å². The SMILES string of the molecule is CC(C)c1ccncc1.[Re]. The van der Waals surface area contributed by atoms with Crippen molar-refractivity contribution >= 4 is 0 Å². The molecule has 2 heteroatoms. The molecular weight excluding hydrogens is 296 g/mol. The first-order valence-electron chi connectivity index (χ1n) is 3.20. The summed E-state index contributed by atoms with van der Waals surface area (Å²) in [5.41, 5.74) is 1.35. The van der Waals surface area contributed by atoms with Gasteiger partial charge in [-0.2, -0.15) is 0 Å². The Hall–Kier alpha value is -0.188. The van der Waals surface area contributed by atoms with Gasteiger partial charge in [0.05, 0.1) is 0 Å². The smallest absolute Gasteiger partial charge is 0.0270 e. The Morgan fingerprint density at radius 1 is 1.20 bits per heavy atom. The number of hydrogen-bond donors (Lipinski definition) is 0. The van der Waals surface area contributed by atoms with Gasteiger partial charge < -0.3 is 0 Å². The fourth-order valence-corrected chi connectivity index (χ4v) is 0.748. The van der Waals surface area contributed by atoms with Crippen molar-refractivity contribution in [2.24, 2.45) is 0 Å². The van der Waals surface area contributed by atoms with Gasteiger partial charge in [0, 0.05) is 32.8 Å². The minimum atomic E-state index is 0. The van der Waals surface area contributed by atoms with Crippen LogP contribution in [0.5, 0.6) is 0 Å². The molecule has 1 aromatic heterocycles. The third-order valence-corrected chi connectivity index (χ3v) is 1.37. The molecule has 0 N–H and O–H groups in total. The molecule has 1 nitrogen and oxygen atoms in total. The first-order valence-corrected chi connectivity index (χ1v) is 3.20. The van der Waals surface area contributed by atoms with E-state index in [0.29, 0.717) is 5.92 Å². The van der Waals surface area contributed by atoms with Crippen molar-refractivity contribution in [3.63, 3.8) is 0 Å². The summed E-state index contributed by atoms with van der Waals surface area (Å²) >= 11 is 0. The molecule has 0 aliphatic carbocycles. The second-order valence-corrected chi connectivity index (χ2v) is 2.44. The van der Waals surface area contributed by atoms with Crippen molar-refractivity contribution in [2.75, 3.05) is 0 Å². The molecule has 0 atom stereocenters. The van der Waals surface area contributed by atoms with Crippen molar-refractivity contribution < 1.29 is 20.4 Å². The first kappa shape index (κ1) is 9.81. The van der Waals surface area contributed by atoms with Gasteiger partial charge in [-0.25, -0.2) is 0 Å². The van der Waals surface area contributed by atoms with E-state index in [1.807, 2.05) is 24.5 Å². The van der Waals surface area contributed by atoms with Crippen LogP contribution in [0.3, 0.4) is 0 Å². The quantitative estimate of drug-likeness (QED) is 0.775. The van der Waals surface area contributed by atoms with Crippen molar-refractivity contribution in [3.8, 4) is 0 Å². The van der Waals surface area contributed by atoms with E-state index in [-0.39, 0.29) is 20.4 Å². The van der Waals surface area contributed by atoms with E-state index in [2.05, 4.69) is 18.8 Å². The van der Waals surface area contributed by atoms with Gasteiger partial charge in [-0.05, 0) is 23.6 Å². The van der Waals surface area contributed by atoms with Crippen LogP contribution in [0.25, 0.3) is 0 Å². The second-order valence-electron chi connectivity index (χ2n) is 2.44. The minimum Gasteiger partial charge on any atom is -0.265 e. The molecule has 0 amide bonds. The first-order chi connectivity index (χ1) is 4.30. The Kier molecular flexibility index (Phi) is 4.51. The topological polar surface area (TPSA) is 12.9 Å². The Bertz CT molecular complexity index is 172. The van der Waals surface area contributed by atoms with Crippen LogP contribution < -0.4 is 0 Å². The van der Waals surface area contributed by atoms with Crippen LogP contribution >= 0.6 is 0 Å². The normalized spacial score (nSPS) is 9.10. The summed E-state index contributed by atoms with van der Waals surface area (Å²) in [6, 6.07) is 4.09. The standard InChI is InChI=1S/C8H11N.Re/c1-7(2)8-3-5-9-6-4-8;/h3-7H,1-2H3;. The van der Waals surface area contributed by atoms with E-state index in [0.717, 1.165) is 0 Å². The van der Waals surface area contributed by atoms with Crippen molar-refractivity contribution in [2.45, 2.75) is 19.8 Å². The number of aromatic nitrogens is 1. The Morgan fingerprint density at radius 2 is 1.70 bits per heavy atom. The van der Waals surface area contributed by atoms with Crippen molar-refractivity contribution in [1.29, 1.82) is 0 Å². The van der Waals surface area contributed by atoms with Crippen LogP contribution in [-0.4, -0.2) is 4.98 Å². The summed E-state index contributed by atoms with van der Waals surface area (Å²) in [4.78, 5) is 3.93. The maximum atomic E-state index is 3.93. The molecular formula is C8H11NRe. The van der Waals surface area contributed by atoms with Gasteiger partial charge in [0.25, 0.3) is 0 Å². The Balaban J connectivity index is 0.000000810. The summed E-state index contributed by atoms with van der Waals surface area (Å²) in [6.07, 6.45) is 3.66. The number of pyridine rings is 1. The molecule has 0 spiro atoms. The summed E-state index contributed by atoms with van der Waals surface area (Å²) < 4.78 is 0. The summed E-state index contributed by atoms with van der Waals surface area (Å²) in [7, 11) is 0. The molecule has 0 saturated heterocycles. The Labute approximate surface area is 75.5 Å². The van der Waals surface area contributed by atoms with Gasteiger partial charge >= 0.3 is 0 Å². The zero-order valence-electron chi connectivity index (χ0n) is 6.21. The monoisotopic (exact) mass is 308 g/mol. The zero-order valence-corrected chi connectivity index (χ0v) is 8.93. The number of rotatable bonds is 1. The molecule has 1 radical (unpaired) electrons. The van der Waals surface area contributed by atoms with E-state index >= 15 is 0 Å². The van der Waals surface area contributed by atoms with Crippen LogP contribution in [0, 0.1) is 0 Å². The van der Waals surface area contributed by atoms with E-state index in [1.165, 1.54) is 5.56 Å². The zero-order chi connectivity index (χ0) is 6.69. The molecule has 10 heavy (non-hydrogen) atoms. The Morgan fingerprint density at radius 3 is 2.00 bits per heavy atom. The summed E-state index contributed by atoms with van der Waals surface area (Å²) in [5.74, 6) is 0.619. The fourth-order valence-electron chi connectivity index (χ4n) is 0.748. The van der Waals surface area contributed by atoms with Gasteiger partial charge in [0.1, 0.15) is 0 Å². The predicted molar refractivity (Wildman–Crippen MR) is 38.3 cm³/mol. The van der Waals surface area contributed by atoms with Crippen LogP contribution in [0.15, 0.2) is 24.5 Å². The fraction of sp³-hybridized carbons (Fsp3) is 0.375. The molecule has 0 unspecified atom stereocenters. The molecule has 0 bridgehead atoms. The van der Waals surface area contributed by atoms with Crippen LogP contribution in [0.1, 0.15) is 25.3 Å². The van der Waals surface area contributed by atoms with Gasteiger partial charge in [0.15, 0.2) is 0 Å². The van der Waals surface area contributed by atoms with Crippen LogP contribution in [0.2, 0.25) is 0 Å². The largest absolute Gasteiger partial charge is 0.265 e. The average molecular weight is 307 g/mol. The molecule has 0 fully saturated rings. The molecule has 0 aliphatic rings. The van der Waals surface area contributed by atoms with Gasteiger partial charge in [-0.3, -0.25) is 4.98 Å². The van der Waals surface area contributed by atoms with E-state index in [9.17, 15) is 0 Å². The van der Waals surface area contributed by atoms with Crippen LogP contribution in [0.4, 0.5) is 0 Å². The summed E-state index contributed by atoms with van der Waals surface area (Å²) in [6.45, 7) is 4.35. The maximum Gasteiger partial charge on any atom is 0.0270 e. The van der Waals surface area contributed by atoms with E-state index < -0.39 is 0 Å². The molecule has 1 heterocycles. The third kappa shape index (κ3) is 2.60. The summed E-state index contributed by atoms with van der Waals surface area (Å²) in [5, 5.41) is 0. The molecule has 0 aromatic carbocycles. The number of nitrogens with zero attached hydrogens (tertiary/aromatic N) is 1. The molecule has 0 saturated carbocycles. The number of hydrogen-bond acceptors (Lipinski definition) is 1. The van der Waals surface area contributed by atoms with Crippen LogP contribution in [-0.2, 0) is 20.4 Å². The molecule has 1 rings (SSSR count). The minimum absolute atomic E-state index is 0. The predicted octanol–water partition coefficient (Wildman–Crippen LogP) is 2.20. The van der Waals surface area contributed by atoms with E-state index in [4.69, 9.17) is 0 Å². The van der Waals surface area contributed by atoms with Crippen molar-refractivity contribution in [3.05, 3.63) is 30.1 Å². The van der Waals surface area contributed by atoms with Gasteiger partial charge in [-0.1, -0.05) is 13.8 Å². The van der Waals surface area contributed by atoms with Gasteiger partial charge in [-0.15, -0.1) is 0 Å². The molecule has 0 aliphatic heterocycles. The second kappa shape index (κ2) is 4.60. The molecule has 1 aromatic rings. The van der Waals surface area contributed by atoms with Crippen molar-refractivity contribution in [1.82, 2.24) is 4.98 Å². The molecule has 55 valence electrons. The van der Waals surface area contributed by atoms with E-state index in [1.54, 1.807) is 0 Å².